The maximum atomic E-state index is 12.5. The summed E-state index contributed by atoms with van der Waals surface area (Å²) in [5, 5.41) is 10.8. The van der Waals surface area contributed by atoms with Crippen molar-refractivity contribution < 1.29 is 5.11 Å². The predicted octanol–water partition coefficient (Wildman–Crippen LogP) is 2.22. The van der Waals surface area contributed by atoms with Gasteiger partial charge in [0.2, 0.25) is 5.88 Å². The van der Waals surface area contributed by atoms with Gasteiger partial charge in [-0.2, -0.15) is 0 Å². The number of hydrogen-bond donors (Lipinski definition) is 3. The van der Waals surface area contributed by atoms with Crippen molar-refractivity contribution >= 4 is 5.71 Å². The van der Waals surface area contributed by atoms with Gasteiger partial charge in [-0.3, -0.25) is 19.3 Å². The van der Waals surface area contributed by atoms with Gasteiger partial charge in [0.05, 0.1) is 11.8 Å². The molecule has 0 bridgehead atoms. The van der Waals surface area contributed by atoms with Crippen molar-refractivity contribution in [3.63, 3.8) is 0 Å². The summed E-state index contributed by atoms with van der Waals surface area (Å²) in [6, 6.07) is -0.120. The number of hydrogen-bond acceptors (Lipinski definition) is 5. The molecule has 0 saturated heterocycles. The number of aliphatic imine (C=N–C) groups is 1. The third-order valence-corrected chi connectivity index (χ3v) is 5.78. The first kappa shape index (κ1) is 18.9. The molecule has 2 fully saturated rings. The second-order valence-corrected chi connectivity index (χ2v) is 7.56. The molecule has 1 aromatic rings. The van der Waals surface area contributed by atoms with Crippen LogP contribution in [0.1, 0.15) is 82.7 Å². The number of aromatic amines is 1. The maximum absolute atomic E-state index is 12.5. The van der Waals surface area contributed by atoms with Gasteiger partial charge in [0.1, 0.15) is 5.56 Å². The van der Waals surface area contributed by atoms with Crippen LogP contribution in [0.2, 0.25) is 0 Å². The molecule has 26 heavy (non-hydrogen) atoms. The maximum Gasteiger partial charge on any atom is 0.331 e. The van der Waals surface area contributed by atoms with Gasteiger partial charge in [-0.1, -0.05) is 39.0 Å². The lowest BCUT2D eigenvalue weighted by Gasteiger charge is -2.27. The van der Waals surface area contributed by atoms with Gasteiger partial charge < -0.3 is 10.8 Å². The number of aromatic nitrogens is 2. The van der Waals surface area contributed by atoms with Crippen LogP contribution in [0.3, 0.4) is 0 Å². The Labute approximate surface area is 153 Å². The van der Waals surface area contributed by atoms with E-state index in [9.17, 15) is 14.7 Å². The number of rotatable bonds is 4. The zero-order valence-corrected chi connectivity index (χ0v) is 15.5. The highest BCUT2D eigenvalue weighted by atomic mass is 16.3. The van der Waals surface area contributed by atoms with Crippen molar-refractivity contribution in [1.82, 2.24) is 9.55 Å². The molecule has 1 aromatic heterocycles. The Hall–Kier alpha value is -1.89. The van der Waals surface area contributed by atoms with Gasteiger partial charge in [-0.05, 0) is 32.1 Å². The molecular weight excluding hydrogens is 332 g/mol. The van der Waals surface area contributed by atoms with E-state index in [0.29, 0.717) is 12.1 Å². The molecular formula is C19H30N4O3. The Morgan fingerprint density at radius 2 is 1.81 bits per heavy atom. The van der Waals surface area contributed by atoms with Crippen LogP contribution in [-0.2, 0) is 0 Å². The van der Waals surface area contributed by atoms with Crippen molar-refractivity contribution in [1.29, 1.82) is 0 Å². The molecule has 2 aliphatic rings. The van der Waals surface area contributed by atoms with Gasteiger partial charge >= 0.3 is 5.69 Å². The fraction of sp³-hybridized carbons (Fsp3) is 0.737. The third-order valence-electron chi connectivity index (χ3n) is 5.78. The summed E-state index contributed by atoms with van der Waals surface area (Å²) in [5.74, 6) is -0.240. The standard InChI is InChI=1S/C19H30N4O3/c1-2-14(21-15-11-7-6-10-13(15)20)16-17(24)22-19(26)23(18(16)25)12-8-4-3-5-9-12/h12-13,15,25H,2-11,20H2,1H3,(H,22,24,26)/t13-,15-/m0/s1. The largest absolute Gasteiger partial charge is 0.494 e. The lowest BCUT2D eigenvalue weighted by molar-refractivity contribution is 0.298. The monoisotopic (exact) mass is 362 g/mol. The Morgan fingerprint density at radius 1 is 1.15 bits per heavy atom. The summed E-state index contributed by atoms with van der Waals surface area (Å²) in [6.45, 7) is 1.90. The summed E-state index contributed by atoms with van der Waals surface area (Å²) >= 11 is 0. The molecule has 144 valence electrons. The third kappa shape index (κ3) is 3.77. The molecule has 2 aliphatic carbocycles. The van der Waals surface area contributed by atoms with E-state index in [1.165, 1.54) is 4.57 Å². The molecule has 0 spiro atoms. The van der Waals surface area contributed by atoms with Gasteiger partial charge in [-0.15, -0.1) is 0 Å². The second-order valence-electron chi connectivity index (χ2n) is 7.56. The van der Waals surface area contributed by atoms with Crippen LogP contribution in [0.15, 0.2) is 14.6 Å². The minimum absolute atomic E-state index is 0.0178. The molecule has 7 heteroatoms. The summed E-state index contributed by atoms with van der Waals surface area (Å²) in [5.41, 5.74) is 5.77. The minimum atomic E-state index is -0.565. The number of aromatic hydroxyl groups is 1. The Kier molecular flexibility index (Phi) is 5.96. The average Bonchev–Trinajstić information content (AvgIpc) is 2.63. The van der Waals surface area contributed by atoms with E-state index >= 15 is 0 Å². The number of H-pyrrole nitrogens is 1. The first-order valence-corrected chi connectivity index (χ1v) is 9.93. The Morgan fingerprint density at radius 3 is 2.46 bits per heavy atom. The zero-order chi connectivity index (χ0) is 18.7. The highest BCUT2D eigenvalue weighted by Crippen LogP contribution is 2.30. The van der Waals surface area contributed by atoms with Crippen molar-refractivity contribution in [3.05, 3.63) is 26.4 Å². The molecule has 0 aliphatic heterocycles. The van der Waals surface area contributed by atoms with E-state index in [4.69, 9.17) is 10.7 Å². The molecule has 0 unspecified atom stereocenters. The number of nitrogens with one attached hydrogen (secondary N) is 1. The second kappa shape index (κ2) is 8.20. The van der Waals surface area contributed by atoms with E-state index in [1.807, 2.05) is 6.92 Å². The Balaban J connectivity index is 2.04. The number of nitrogens with zero attached hydrogens (tertiary/aromatic N) is 2. The van der Waals surface area contributed by atoms with Crippen LogP contribution < -0.4 is 17.0 Å². The molecule has 7 nitrogen and oxygen atoms in total. The van der Waals surface area contributed by atoms with Crippen molar-refractivity contribution in [2.24, 2.45) is 10.7 Å². The normalized spacial score (nSPS) is 25.4. The molecule has 2 saturated carbocycles. The highest BCUT2D eigenvalue weighted by molar-refractivity contribution is 6.02. The van der Waals surface area contributed by atoms with Crippen LogP contribution in [0.25, 0.3) is 0 Å². The van der Waals surface area contributed by atoms with E-state index in [1.54, 1.807) is 0 Å². The topological polar surface area (TPSA) is 113 Å². The van der Waals surface area contributed by atoms with Gasteiger partial charge in [-0.25, -0.2) is 4.79 Å². The summed E-state index contributed by atoms with van der Waals surface area (Å²) in [7, 11) is 0. The minimum Gasteiger partial charge on any atom is -0.494 e. The fourth-order valence-corrected chi connectivity index (χ4v) is 4.31. The lowest BCUT2D eigenvalue weighted by Crippen LogP contribution is -2.39. The molecule has 0 radical (unpaired) electrons. The first-order chi connectivity index (χ1) is 12.5. The molecule has 3 rings (SSSR count). The molecule has 0 aromatic carbocycles. The van der Waals surface area contributed by atoms with E-state index < -0.39 is 11.2 Å². The van der Waals surface area contributed by atoms with Crippen LogP contribution in [0, 0.1) is 0 Å². The quantitative estimate of drug-likeness (QED) is 0.713. The SMILES string of the molecule is CCC(=N[C@H]1CCCC[C@@H]1N)c1c(O)n(C2CCCCC2)c(=O)[nH]c1=O. The van der Waals surface area contributed by atoms with E-state index in [-0.39, 0.29) is 29.6 Å². The molecule has 4 N–H and O–H groups in total. The van der Waals surface area contributed by atoms with Crippen molar-refractivity contribution in [3.8, 4) is 5.88 Å². The van der Waals surface area contributed by atoms with Crippen LogP contribution in [0.5, 0.6) is 5.88 Å². The van der Waals surface area contributed by atoms with Crippen LogP contribution in [-0.4, -0.2) is 32.5 Å². The first-order valence-electron chi connectivity index (χ1n) is 9.93. The van der Waals surface area contributed by atoms with E-state index in [2.05, 4.69) is 4.98 Å². The molecule has 2 atom stereocenters. The van der Waals surface area contributed by atoms with Crippen molar-refractivity contribution in [2.75, 3.05) is 0 Å². The van der Waals surface area contributed by atoms with Crippen molar-refractivity contribution in [2.45, 2.75) is 89.3 Å². The number of nitrogens with two attached hydrogens (primary N) is 1. The summed E-state index contributed by atoms with van der Waals surface area (Å²) in [6.07, 6.45) is 9.37. The van der Waals surface area contributed by atoms with Crippen LogP contribution >= 0.6 is 0 Å². The van der Waals surface area contributed by atoms with Gasteiger partial charge in [0.15, 0.2) is 0 Å². The molecule has 0 amide bonds. The summed E-state index contributed by atoms with van der Waals surface area (Å²) in [4.78, 5) is 32.0. The lowest BCUT2D eigenvalue weighted by atomic mass is 9.91. The van der Waals surface area contributed by atoms with E-state index in [0.717, 1.165) is 57.8 Å². The Bertz CT molecular complexity index is 774. The van der Waals surface area contributed by atoms with Gasteiger partial charge in [0.25, 0.3) is 5.56 Å². The summed E-state index contributed by atoms with van der Waals surface area (Å²) < 4.78 is 1.36. The predicted molar refractivity (Wildman–Crippen MR) is 102 cm³/mol. The molecule has 1 heterocycles. The highest BCUT2D eigenvalue weighted by Gasteiger charge is 2.27. The zero-order valence-electron chi connectivity index (χ0n) is 15.5. The van der Waals surface area contributed by atoms with Crippen LogP contribution in [0.4, 0.5) is 0 Å². The fourth-order valence-electron chi connectivity index (χ4n) is 4.31. The van der Waals surface area contributed by atoms with Gasteiger partial charge in [0, 0.05) is 12.1 Å². The smallest absolute Gasteiger partial charge is 0.331 e. The average molecular weight is 362 g/mol.